The zero-order chi connectivity index (χ0) is 14.4. The van der Waals surface area contributed by atoms with Crippen LogP contribution in [0.3, 0.4) is 0 Å². The highest BCUT2D eigenvalue weighted by atomic mass is 16.5. The third-order valence-electron chi connectivity index (χ3n) is 3.21. The maximum absolute atomic E-state index is 11.7. The number of carbonyl (C=O) groups excluding carboxylic acids is 1. The Bertz CT molecular complexity index is 430. The van der Waals surface area contributed by atoms with Crippen molar-refractivity contribution in [3.05, 3.63) is 29.3 Å². The first-order valence-electron chi connectivity index (χ1n) is 6.62. The van der Waals surface area contributed by atoms with Gasteiger partial charge in [0, 0.05) is 6.54 Å². The van der Waals surface area contributed by atoms with E-state index in [4.69, 9.17) is 10.5 Å². The fourth-order valence-electron chi connectivity index (χ4n) is 1.77. The van der Waals surface area contributed by atoms with E-state index >= 15 is 0 Å². The fourth-order valence-corrected chi connectivity index (χ4v) is 1.77. The van der Waals surface area contributed by atoms with Crippen molar-refractivity contribution in [3.63, 3.8) is 0 Å². The molecule has 4 heteroatoms. The Balaban J connectivity index is 2.47. The monoisotopic (exact) mass is 264 g/mol. The summed E-state index contributed by atoms with van der Waals surface area (Å²) >= 11 is 0. The van der Waals surface area contributed by atoms with Crippen molar-refractivity contribution in [2.24, 2.45) is 11.7 Å². The van der Waals surface area contributed by atoms with E-state index < -0.39 is 6.04 Å². The predicted molar refractivity (Wildman–Crippen MR) is 77.3 cm³/mol. The molecule has 0 fully saturated rings. The molecule has 0 spiro atoms. The van der Waals surface area contributed by atoms with Crippen LogP contribution in [0.4, 0.5) is 0 Å². The molecular weight excluding hydrogens is 240 g/mol. The maximum Gasteiger partial charge on any atom is 0.237 e. The Morgan fingerprint density at radius 2 is 2.11 bits per heavy atom. The summed E-state index contributed by atoms with van der Waals surface area (Å²) in [6.45, 7) is 6.47. The molecule has 0 bridgehead atoms. The van der Waals surface area contributed by atoms with Crippen molar-refractivity contribution < 1.29 is 9.53 Å². The van der Waals surface area contributed by atoms with Crippen LogP contribution < -0.4 is 15.8 Å². The van der Waals surface area contributed by atoms with Gasteiger partial charge in [0.1, 0.15) is 5.75 Å². The van der Waals surface area contributed by atoms with E-state index in [1.807, 2.05) is 39.0 Å². The Labute approximate surface area is 115 Å². The third-order valence-corrected chi connectivity index (χ3v) is 3.21. The zero-order valence-electron chi connectivity index (χ0n) is 12.2. The number of nitrogens with one attached hydrogen (secondary N) is 1. The molecule has 0 aliphatic carbocycles. The van der Waals surface area contributed by atoms with Crippen molar-refractivity contribution in [1.82, 2.24) is 5.32 Å². The van der Waals surface area contributed by atoms with Gasteiger partial charge in [-0.2, -0.15) is 0 Å². The predicted octanol–water partition coefficient (Wildman–Crippen LogP) is 1.65. The second kappa shape index (κ2) is 7.14. The molecule has 19 heavy (non-hydrogen) atoms. The number of methoxy groups -OCH3 is 1. The van der Waals surface area contributed by atoms with Gasteiger partial charge in [0.2, 0.25) is 5.91 Å². The molecule has 0 radical (unpaired) electrons. The SMILES string of the molecule is COc1cc(CCNC(=O)[C@@H](N)C(C)C)ccc1C. The summed E-state index contributed by atoms with van der Waals surface area (Å²) in [6, 6.07) is 5.64. The van der Waals surface area contributed by atoms with Crippen LogP contribution in [0.15, 0.2) is 18.2 Å². The fraction of sp³-hybridized carbons (Fsp3) is 0.533. The number of nitrogens with two attached hydrogens (primary N) is 1. The standard InChI is InChI=1S/C15H24N2O2/c1-10(2)14(16)15(18)17-8-7-12-6-5-11(3)13(9-12)19-4/h5-6,9-10,14H,7-8,16H2,1-4H3,(H,17,18)/t14-/m0/s1. The van der Waals surface area contributed by atoms with Crippen LogP contribution in [-0.2, 0) is 11.2 Å². The highest BCUT2D eigenvalue weighted by Gasteiger charge is 2.16. The minimum absolute atomic E-state index is 0.0888. The zero-order valence-corrected chi connectivity index (χ0v) is 12.2. The van der Waals surface area contributed by atoms with Gasteiger partial charge in [-0.05, 0) is 36.5 Å². The number of hydrogen-bond acceptors (Lipinski definition) is 3. The molecule has 1 aromatic rings. The van der Waals surface area contributed by atoms with E-state index in [-0.39, 0.29) is 11.8 Å². The van der Waals surface area contributed by atoms with Crippen molar-refractivity contribution in [1.29, 1.82) is 0 Å². The van der Waals surface area contributed by atoms with Crippen LogP contribution >= 0.6 is 0 Å². The number of ether oxygens (including phenoxy) is 1. The van der Waals surface area contributed by atoms with Gasteiger partial charge in [-0.15, -0.1) is 0 Å². The molecule has 0 saturated carbocycles. The molecule has 3 N–H and O–H groups in total. The lowest BCUT2D eigenvalue weighted by Crippen LogP contribution is -2.44. The van der Waals surface area contributed by atoms with Gasteiger partial charge in [-0.3, -0.25) is 4.79 Å². The van der Waals surface area contributed by atoms with Gasteiger partial charge in [0.05, 0.1) is 13.2 Å². The normalized spacial score (nSPS) is 12.3. The molecule has 0 aliphatic heterocycles. The van der Waals surface area contributed by atoms with Crippen LogP contribution in [0.25, 0.3) is 0 Å². The molecule has 1 amide bonds. The number of hydrogen-bond donors (Lipinski definition) is 2. The highest BCUT2D eigenvalue weighted by Crippen LogP contribution is 2.18. The number of carbonyl (C=O) groups is 1. The van der Waals surface area contributed by atoms with E-state index in [0.29, 0.717) is 6.54 Å². The Morgan fingerprint density at radius 3 is 2.68 bits per heavy atom. The molecule has 1 aromatic carbocycles. The molecule has 106 valence electrons. The van der Waals surface area contributed by atoms with Crippen molar-refractivity contribution >= 4 is 5.91 Å². The average Bonchev–Trinajstić information content (AvgIpc) is 2.39. The van der Waals surface area contributed by atoms with E-state index in [1.165, 1.54) is 0 Å². The summed E-state index contributed by atoms with van der Waals surface area (Å²) in [5.41, 5.74) is 8.02. The summed E-state index contributed by atoms with van der Waals surface area (Å²) in [5.74, 6) is 0.941. The number of benzene rings is 1. The first-order chi connectivity index (χ1) is 8.95. The first kappa shape index (κ1) is 15.5. The topological polar surface area (TPSA) is 64.3 Å². The van der Waals surface area contributed by atoms with Crippen LogP contribution in [-0.4, -0.2) is 25.6 Å². The Hall–Kier alpha value is -1.55. The average molecular weight is 264 g/mol. The Morgan fingerprint density at radius 1 is 1.42 bits per heavy atom. The van der Waals surface area contributed by atoms with Crippen LogP contribution in [0.5, 0.6) is 5.75 Å². The van der Waals surface area contributed by atoms with Gasteiger partial charge in [0.25, 0.3) is 0 Å². The molecule has 0 aromatic heterocycles. The largest absolute Gasteiger partial charge is 0.496 e. The van der Waals surface area contributed by atoms with Gasteiger partial charge < -0.3 is 15.8 Å². The molecule has 1 atom stereocenters. The molecular formula is C15H24N2O2. The van der Waals surface area contributed by atoms with E-state index in [2.05, 4.69) is 5.32 Å². The van der Waals surface area contributed by atoms with Crippen molar-refractivity contribution in [2.45, 2.75) is 33.2 Å². The quantitative estimate of drug-likeness (QED) is 0.821. The minimum atomic E-state index is -0.437. The summed E-state index contributed by atoms with van der Waals surface area (Å²) in [7, 11) is 1.66. The van der Waals surface area contributed by atoms with Crippen LogP contribution in [0.1, 0.15) is 25.0 Å². The number of amides is 1. The Kier molecular flexibility index (Phi) is 5.83. The van der Waals surface area contributed by atoms with Crippen LogP contribution in [0.2, 0.25) is 0 Å². The summed E-state index contributed by atoms with van der Waals surface area (Å²) < 4.78 is 5.28. The number of aryl methyl sites for hydroxylation is 1. The smallest absolute Gasteiger partial charge is 0.237 e. The molecule has 4 nitrogen and oxygen atoms in total. The molecule has 0 aliphatic rings. The maximum atomic E-state index is 11.7. The van der Waals surface area contributed by atoms with Crippen molar-refractivity contribution in [2.75, 3.05) is 13.7 Å². The van der Waals surface area contributed by atoms with Gasteiger partial charge in [-0.25, -0.2) is 0 Å². The summed E-state index contributed by atoms with van der Waals surface area (Å²) in [5, 5.41) is 2.86. The molecule has 0 heterocycles. The van der Waals surface area contributed by atoms with Gasteiger partial charge in [0.15, 0.2) is 0 Å². The third kappa shape index (κ3) is 4.56. The van der Waals surface area contributed by atoms with Gasteiger partial charge in [-0.1, -0.05) is 26.0 Å². The molecule has 0 unspecified atom stereocenters. The summed E-state index contributed by atoms with van der Waals surface area (Å²) in [4.78, 5) is 11.7. The summed E-state index contributed by atoms with van der Waals surface area (Å²) in [6.07, 6.45) is 0.771. The van der Waals surface area contributed by atoms with Crippen molar-refractivity contribution in [3.8, 4) is 5.75 Å². The van der Waals surface area contributed by atoms with E-state index in [1.54, 1.807) is 7.11 Å². The molecule has 1 rings (SSSR count). The second-order valence-electron chi connectivity index (χ2n) is 5.11. The lowest BCUT2D eigenvalue weighted by Gasteiger charge is -2.15. The highest BCUT2D eigenvalue weighted by molar-refractivity contribution is 5.81. The lowest BCUT2D eigenvalue weighted by atomic mass is 10.0. The number of rotatable bonds is 6. The lowest BCUT2D eigenvalue weighted by molar-refractivity contribution is -0.123. The van der Waals surface area contributed by atoms with Gasteiger partial charge >= 0.3 is 0 Å². The van der Waals surface area contributed by atoms with E-state index in [9.17, 15) is 4.79 Å². The second-order valence-corrected chi connectivity index (χ2v) is 5.11. The van der Waals surface area contributed by atoms with E-state index in [0.717, 1.165) is 23.3 Å². The minimum Gasteiger partial charge on any atom is -0.496 e. The first-order valence-corrected chi connectivity index (χ1v) is 6.62. The molecule has 0 saturated heterocycles. The van der Waals surface area contributed by atoms with Crippen LogP contribution in [0, 0.1) is 12.8 Å².